The van der Waals surface area contributed by atoms with E-state index in [0.29, 0.717) is 34.5 Å². The first kappa shape index (κ1) is 29.4. The third-order valence-corrected chi connectivity index (χ3v) is 5.93. The average Bonchev–Trinajstić information content (AvgIpc) is 3.29. The topological polar surface area (TPSA) is 109 Å². The normalized spacial score (nSPS) is 11.5. The number of rotatable bonds is 10. The number of aryl methyl sites for hydroxylation is 2. The third-order valence-electron chi connectivity index (χ3n) is 5.93. The van der Waals surface area contributed by atoms with Crippen molar-refractivity contribution in [3.8, 4) is 5.82 Å². The summed E-state index contributed by atoms with van der Waals surface area (Å²) >= 11 is 0. The molecule has 0 fully saturated rings. The zero-order valence-corrected chi connectivity index (χ0v) is 22.3. The van der Waals surface area contributed by atoms with E-state index in [1.165, 1.54) is 12.4 Å². The lowest BCUT2D eigenvalue weighted by molar-refractivity contribution is -0.137. The summed E-state index contributed by atoms with van der Waals surface area (Å²) in [6, 6.07) is 11.3. The number of nitrogens with one attached hydrogen (secondary N) is 4. The monoisotopic (exact) mass is 574 g/mol. The quantitative estimate of drug-likeness (QED) is 0.180. The van der Waals surface area contributed by atoms with Crippen LogP contribution in [0.5, 0.6) is 0 Å². The molecule has 0 unspecified atom stereocenters. The van der Waals surface area contributed by atoms with Crippen molar-refractivity contribution < 1.29 is 26.7 Å². The molecule has 4 aromatic rings. The highest BCUT2D eigenvalue weighted by Gasteiger charge is 2.32. The fraction of sp³-hybridized carbons (Fsp3) is 0.259. The van der Waals surface area contributed by atoms with Crippen molar-refractivity contribution in [2.75, 3.05) is 29.5 Å². The molecule has 41 heavy (non-hydrogen) atoms. The Labute approximate surface area is 232 Å². The van der Waals surface area contributed by atoms with Crippen molar-refractivity contribution in [1.29, 1.82) is 0 Å². The van der Waals surface area contributed by atoms with Gasteiger partial charge in [-0.05, 0) is 55.3 Å². The molecule has 0 radical (unpaired) electrons. The van der Waals surface area contributed by atoms with Crippen LogP contribution < -0.4 is 21.3 Å². The SMILES string of the molecule is CNc1cc(-n2nc(C)cc2Nc2cc(NC(=O)c3cc(CNCC(F)F)cc(C(F)(F)F)c3)ccc2C)ncn1. The van der Waals surface area contributed by atoms with E-state index < -0.39 is 30.6 Å². The van der Waals surface area contributed by atoms with Crippen LogP contribution in [0.1, 0.15) is 32.7 Å². The lowest BCUT2D eigenvalue weighted by Crippen LogP contribution is -2.22. The molecule has 0 aliphatic heterocycles. The number of hydrogen-bond acceptors (Lipinski definition) is 7. The molecule has 2 aromatic heterocycles. The maximum Gasteiger partial charge on any atom is 0.416 e. The van der Waals surface area contributed by atoms with Crippen molar-refractivity contribution >= 4 is 28.9 Å². The van der Waals surface area contributed by atoms with E-state index in [4.69, 9.17) is 0 Å². The molecule has 0 atom stereocenters. The Balaban J connectivity index is 1.58. The minimum absolute atomic E-state index is 0.0478. The summed E-state index contributed by atoms with van der Waals surface area (Å²) < 4.78 is 67.0. The Bertz CT molecular complexity index is 1540. The molecule has 0 saturated carbocycles. The van der Waals surface area contributed by atoms with Crippen LogP contribution in [0, 0.1) is 13.8 Å². The van der Waals surface area contributed by atoms with Crippen molar-refractivity contribution in [1.82, 2.24) is 25.1 Å². The highest BCUT2D eigenvalue weighted by Crippen LogP contribution is 2.31. The van der Waals surface area contributed by atoms with Gasteiger partial charge in [-0.2, -0.15) is 23.0 Å². The summed E-state index contributed by atoms with van der Waals surface area (Å²) in [7, 11) is 1.73. The fourth-order valence-corrected chi connectivity index (χ4v) is 3.95. The smallest absolute Gasteiger partial charge is 0.373 e. The zero-order valence-electron chi connectivity index (χ0n) is 22.3. The van der Waals surface area contributed by atoms with E-state index in [2.05, 4.69) is 36.3 Å². The highest BCUT2D eigenvalue weighted by atomic mass is 19.4. The number of anilines is 4. The second kappa shape index (κ2) is 12.3. The zero-order chi connectivity index (χ0) is 29.7. The Morgan fingerprint density at radius 2 is 1.80 bits per heavy atom. The van der Waals surface area contributed by atoms with Crippen LogP contribution >= 0.6 is 0 Å². The molecular weight excluding hydrogens is 547 g/mol. The van der Waals surface area contributed by atoms with Gasteiger partial charge in [0.25, 0.3) is 12.3 Å². The van der Waals surface area contributed by atoms with Gasteiger partial charge in [-0.3, -0.25) is 4.79 Å². The Kier molecular flexibility index (Phi) is 8.81. The number of aromatic nitrogens is 4. The van der Waals surface area contributed by atoms with Gasteiger partial charge in [0.2, 0.25) is 0 Å². The van der Waals surface area contributed by atoms with Gasteiger partial charge in [-0.1, -0.05) is 6.07 Å². The van der Waals surface area contributed by atoms with E-state index in [1.807, 2.05) is 13.8 Å². The molecule has 4 N–H and O–H groups in total. The van der Waals surface area contributed by atoms with Crippen LogP contribution in [0.3, 0.4) is 0 Å². The molecule has 0 spiro atoms. The number of amides is 1. The average molecular weight is 575 g/mol. The van der Waals surface area contributed by atoms with Gasteiger partial charge < -0.3 is 21.3 Å². The molecule has 4 rings (SSSR count). The van der Waals surface area contributed by atoms with Crippen LogP contribution in [0.2, 0.25) is 0 Å². The van der Waals surface area contributed by atoms with Gasteiger partial charge in [0, 0.05) is 42.7 Å². The number of alkyl halides is 5. The molecule has 2 heterocycles. The van der Waals surface area contributed by atoms with E-state index >= 15 is 0 Å². The standard InChI is InChI=1S/C27H27F5N8O/c1-15-4-5-20(10-21(15)38-25-6-16(2)39-40(25)24-11-23(33-3)35-14-36-24)37-26(41)18-7-17(12-34-13-22(28)29)8-19(9-18)27(30,31)32/h4-11,14,22,34,38H,12-13H2,1-3H3,(H,37,41)(H,33,35,36). The molecule has 0 aliphatic carbocycles. The number of benzene rings is 2. The summed E-state index contributed by atoms with van der Waals surface area (Å²) in [6.07, 6.45) is -5.99. The first-order chi connectivity index (χ1) is 19.4. The molecule has 14 heteroatoms. The van der Waals surface area contributed by atoms with Crippen molar-refractivity contribution in [3.05, 3.63) is 82.8 Å². The Hall–Kier alpha value is -4.59. The van der Waals surface area contributed by atoms with Crippen LogP contribution in [-0.4, -0.2) is 45.7 Å². The summed E-state index contributed by atoms with van der Waals surface area (Å²) in [5.74, 6) is 0.888. The predicted octanol–water partition coefficient (Wildman–Crippen LogP) is 5.69. The van der Waals surface area contributed by atoms with Gasteiger partial charge in [0.05, 0.1) is 17.8 Å². The molecular formula is C27H27F5N8O. The second-order valence-corrected chi connectivity index (χ2v) is 9.14. The van der Waals surface area contributed by atoms with Gasteiger partial charge in [0.1, 0.15) is 18.0 Å². The second-order valence-electron chi connectivity index (χ2n) is 9.14. The number of carbonyl (C=O) groups is 1. The summed E-state index contributed by atoms with van der Waals surface area (Å²) in [6.45, 7) is 2.71. The lowest BCUT2D eigenvalue weighted by atomic mass is 10.0. The highest BCUT2D eigenvalue weighted by molar-refractivity contribution is 6.04. The minimum Gasteiger partial charge on any atom is -0.373 e. The van der Waals surface area contributed by atoms with E-state index in [0.717, 1.165) is 17.7 Å². The molecule has 0 saturated heterocycles. The molecule has 0 aliphatic rings. The van der Waals surface area contributed by atoms with Crippen LogP contribution in [0.25, 0.3) is 5.82 Å². The van der Waals surface area contributed by atoms with Gasteiger partial charge in [-0.15, -0.1) is 0 Å². The molecule has 9 nitrogen and oxygen atoms in total. The number of hydrogen-bond donors (Lipinski definition) is 4. The van der Waals surface area contributed by atoms with Crippen molar-refractivity contribution in [2.45, 2.75) is 33.0 Å². The van der Waals surface area contributed by atoms with E-state index in [-0.39, 0.29) is 17.7 Å². The first-order valence-electron chi connectivity index (χ1n) is 12.4. The minimum atomic E-state index is -4.73. The maximum atomic E-state index is 13.5. The molecule has 2 aromatic carbocycles. The predicted molar refractivity (Wildman–Crippen MR) is 145 cm³/mol. The number of nitrogens with zero attached hydrogens (tertiary/aromatic N) is 4. The van der Waals surface area contributed by atoms with Gasteiger partial charge >= 0.3 is 6.18 Å². The summed E-state index contributed by atoms with van der Waals surface area (Å²) in [5.41, 5.74) is 1.18. The maximum absolute atomic E-state index is 13.5. The molecule has 1 amide bonds. The van der Waals surface area contributed by atoms with Crippen LogP contribution in [0.15, 0.2) is 54.9 Å². The molecule has 216 valence electrons. The van der Waals surface area contributed by atoms with Gasteiger partial charge in [0.15, 0.2) is 5.82 Å². The fourth-order valence-electron chi connectivity index (χ4n) is 3.95. The van der Waals surface area contributed by atoms with Crippen molar-refractivity contribution in [2.24, 2.45) is 0 Å². The Morgan fingerprint density at radius 1 is 1.02 bits per heavy atom. The molecule has 0 bridgehead atoms. The van der Waals surface area contributed by atoms with Crippen molar-refractivity contribution in [3.63, 3.8) is 0 Å². The summed E-state index contributed by atoms with van der Waals surface area (Å²) in [5, 5.41) is 15.7. The first-order valence-corrected chi connectivity index (χ1v) is 12.4. The van der Waals surface area contributed by atoms with Crippen LogP contribution in [-0.2, 0) is 12.7 Å². The van der Waals surface area contributed by atoms with E-state index in [9.17, 15) is 26.7 Å². The van der Waals surface area contributed by atoms with Crippen LogP contribution in [0.4, 0.5) is 45.0 Å². The Morgan fingerprint density at radius 3 is 2.51 bits per heavy atom. The van der Waals surface area contributed by atoms with E-state index in [1.54, 1.807) is 42.1 Å². The van der Waals surface area contributed by atoms with Gasteiger partial charge in [-0.25, -0.2) is 18.7 Å². The number of carbonyl (C=O) groups excluding carboxylic acids is 1. The number of halogens is 5. The summed E-state index contributed by atoms with van der Waals surface area (Å²) in [4.78, 5) is 21.4. The third kappa shape index (κ3) is 7.54. The lowest BCUT2D eigenvalue weighted by Gasteiger charge is -2.15. The largest absolute Gasteiger partial charge is 0.416 e.